The maximum Gasteiger partial charge on any atom is 0.119 e. The molecule has 0 bridgehead atoms. The van der Waals surface area contributed by atoms with Crippen LogP contribution in [0.5, 0.6) is 5.75 Å². The molecule has 0 aliphatic carbocycles. The second-order valence-electron chi connectivity index (χ2n) is 5.48. The molecule has 0 spiro atoms. The van der Waals surface area contributed by atoms with E-state index in [0.717, 1.165) is 12.3 Å². The summed E-state index contributed by atoms with van der Waals surface area (Å²) in [5, 5.41) is 3.23. The van der Waals surface area contributed by atoms with Gasteiger partial charge in [0.2, 0.25) is 0 Å². The fraction of sp³-hybridized carbons (Fsp3) is 0.368. The summed E-state index contributed by atoms with van der Waals surface area (Å²) in [5.41, 5.74) is 5.19. The van der Waals surface area contributed by atoms with Crippen LogP contribution < -0.4 is 10.1 Å². The van der Waals surface area contributed by atoms with Crippen LogP contribution in [0.4, 0.5) is 0 Å². The molecule has 0 aliphatic rings. The highest BCUT2D eigenvalue weighted by Crippen LogP contribution is 2.29. The molecule has 0 radical (unpaired) electrons. The van der Waals surface area contributed by atoms with Gasteiger partial charge in [-0.1, -0.05) is 44.2 Å². The molecule has 1 unspecified atom stereocenters. The van der Waals surface area contributed by atoms with E-state index in [0.29, 0.717) is 5.92 Å². The summed E-state index contributed by atoms with van der Waals surface area (Å²) in [6.45, 7) is 5.33. The lowest BCUT2D eigenvalue weighted by Gasteiger charge is -2.13. The monoisotopic (exact) mass is 283 g/mol. The van der Waals surface area contributed by atoms with E-state index in [1.165, 1.54) is 28.7 Å². The smallest absolute Gasteiger partial charge is 0.119 e. The van der Waals surface area contributed by atoms with Gasteiger partial charge < -0.3 is 10.1 Å². The van der Waals surface area contributed by atoms with Crippen LogP contribution in [-0.2, 0) is 6.54 Å². The summed E-state index contributed by atoms with van der Waals surface area (Å²) in [7, 11) is 3.67. The van der Waals surface area contributed by atoms with Gasteiger partial charge in [0.1, 0.15) is 5.75 Å². The molecule has 0 saturated carbocycles. The lowest BCUT2D eigenvalue weighted by molar-refractivity contribution is 0.414. The van der Waals surface area contributed by atoms with Crippen molar-refractivity contribution in [1.29, 1.82) is 0 Å². The molecular formula is C19H25NO. The van der Waals surface area contributed by atoms with Crippen molar-refractivity contribution in [3.63, 3.8) is 0 Å². The Bertz CT molecular complexity index is 575. The van der Waals surface area contributed by atoms with E-state index < -0.39 is 0 Å². The van der Waals surface area contributed by atoms with Crippen LogP contribution in [0.2, 0.25) is 0 Å². The minimum atomic E-state index is 0.617. The van der Waals surface area contributed by atoms with Crippen molar-refractivity contribution >= 4 is 0 Å². The first-order valence-electron chi connectivity index (χ1n) is 7.61. The Morgan fingerprint density at radius 2 is 1.81 bits per heavy atom. The third-order valence-electron chi connectivity index (χ3n) is 4.08. The van der Waals surface area contributed by atoms with E-state index in [1.807, 2.05) is 13.1 Å². The highest BCUT2D eigenvalue weighted by molar-refractivity contribution is 5.68. The number of benzene rings is 2. The van der Waals surface area contributed by atoms with E-state index in [1.54, 1.807) is 7.11 Å². The van der Waals surface area contributed by atoms with Crippen LogP contribution in [0.1, 0.15) is 37.3 Å². The van der Waals surface area contributed by atoms with Crippen LogP contribution in [0.15, 0.2) is 42.5 Å². The average molecular weight is 283 g/mol. The standard InChI is InChI=1S/C19H25NO/c1-5-14(2)15-6-8-16(9-7-15)19-11-10-18(21-4)12-17(19)13-20-3/h6-12,14,20H,5,13H2,1-4H3. The van der Waals surface area contributed by atoms with Gasteiger partial charge in [-0.3, -0.25) is 0 Å². The van der Waals surface area contributed by atoms with Crippen molar-refractivity contribution < 1.29 is 4.74 Å². The zero-order valence-electron chi connectivity index (χ0n) is 13.4. The van der Waals surface area contributed by atoms with Gasteiger partial charge in [0, 0.05) is 6.54 Å². The molecule has 1 atom stereocenters. The average Bonchev–Trinajstić information content (AvgIpc) is 2.54. The van der Waals surface area contributed by atoms with Crippen molar-refractivity contribution in [3.8, 4) is 16.9 Å². The van der Waals surface area contributed by atoms with Gasteiger partial charge in [-0.15, -0.1) is 0 Å². The van der Waals surface area contributed by atoms with Gasteiger partial charge in [0.15, 0.2) is 0 Å². The second-order valence-corrected chi connectivity index (χ2v) is 5.48. The second kappa shape index (κ2) is 7.28. The molecule has 0 aromatic heterocycles. The molecule has 2 rings (SSSR count). The van der Waals surface area contributed by atoms with Crippen molar-refractivity contribution in [1.82, 2.24) is 5.32 Å². The van der Waals surface area contributed by atoms with Gasteiger partial charge in [-0.2, -0.15) is 0 Å². The zero-order chi connectivity index (χ0) is 15.2. The normalized spacial score (nSPS) is 12.2. The molecule has 2 heteroatoms. The molecule has 112 valence electrons. The maximum absolute atomic E-state index is 5.33. The fourth-order valence-electron chi connectivity index (χ4n) is 2.54. The van der Waals surface area contributed by atoms with Crippen molar-refractivity contribution in [2.75, 3.05) is 14.2 Å². The Kier molecular flexibility index (Phi) is 5.40. The highest BCUT2D eigenvalue weighted by Gasteiger charge is 2.08. The number of rotatable bonds is 6. The lowest BCUT2D eigenvalue weighted by atomic mass is 9.94. The molecular weight excluding hydrogens is 258 g/mol. The molecule has 0 fully saturated rings. The minimum Gasteiger partial charge on any atom is -0.497 e. The van der Waals surface area contributed by atoms with Gasteiger partial charge in [0.25, 0.3) is 0 Å². The number of methoxy groups -OCH3 is 1. The molecule has 21 heavy (non-hydrogen) atoms. The topological polar surface area (TPSA) is 21.3 Å². The van der Waals surface area contributed by atoms with Crippen LogP contribution in [0.25, 0.3) is 11.1 Å². The first-order chi connectivity index (χ1) is 10.2. The van der Waals surface area contributed by atoms with Crippen molar-refractivity contribution in [2.45, 2.75) is 32.7 Å². The summed E-state index contributed by atoms with van der Waals surface area (Å²) in [5.74, 6) is 1.52. The fourth-order valence-corrected chi connectivity index (χ4v) is 2.54. The van der Waals surface area contributed by atoms with E-state index >= 15 is 0 Å². The number of hydrogen-bond acceptors (Lipinski definition) is 2. The predicted octanol–water partition coefficient (Wildman–Crippen LogP) is 4.60. The van der Waals surface area contributed by atoms with Gasteiger partial charge >= 0.3 is 0 Å². The Morgan fingerprint density at radius 1 is 1.10 bits per heavy atom. The Morgan fingerprint density at radius 3 is 2.38 bits per heavy atom. The van der Waals surface area contributed by atoms with E-state index in [9.17, 15) is 0 Å². The predicted molar refractivity (Wildman–Crippen MR) is 89.9 cm³/mol. The summed E-state index contributed by atoms with van der Waals surface area (Å²) >= 11 is 0. The van der Waals surface area contributed by atoms with Crippen LogP contribution in [-0.4, -0.2) is 14.2 Å². The third-order valence-corrected chi connectivity index (χ3v) is 4.08. The SMILES string of the molecule is CCC(C)c1ccc(-c2ccc(OC)cc2CNC)cc1. The summed E-state index contributed by atoms with van der Waals surface area (Å²) in [6.07, 6.45) is 1.17. The van der Waals surface area contributed by atoms with Crippen molar-refractivity contribution in [2.24, 2.45) is 0 Å². The van der Waals surface area contributed by atoms with Gasteiger partial charge in [-0.25, -0.2) is 0 Å². The van der Waals surface area contributed by atoms with Crippen LogP contribution >= 0.6 is 0 Å². The lowest BCUT2D eigenvalue weighted by Crippen LogP contribution is -2.06. The summed E-state index contributed by atoms with van der Waals surface area (Å²) < 4.78 is 5.33. The first-order valence-corrected chi connectivity index (χ1v) is 7.61. The molecule has 0 saturated heterocycles. The largest absolute Gasteiger partial charge is 0.497 e. The van der Waals surface area contributed by atoms with E-state index in [4.69, 9.17) is 4.74 Å². The Hall–Kier alpha value is -1.80. The highest BCUT2D eigenvalue weighted by atomic mass is 16.5. The summed E-state index contributed by atoms with van der Waals surface area (Å²) in [4.78, 5) is 0. The molecule has 0 heterocycles. The minimum absolute atomic E-state index is 0.617. The molecule has 2 nitrogen and oxygen atoms in total. The Balaban J connectivity index is 2.36. The van der Waals surface area contributed by atoms with Gasteiger partial charge in [0.05, 0.1) is 7.11 Å². The number of hydrogen-bond donors (Lipinski definition) is 1. The first kappa shape index (κ1) is 15.6. The zero-order valence-corrected chi connectivity index (χ0v) is 13.4. The van der Waals surface area contributed by atoms with Gasteiger partial charge in [-0.05, 0) is 53.8 Å². The third kappa shape index (κ3) is 3.64. The Labute approximate surface area is 128 Å². The van der Waals surface area contributed by atoms with E-state index in [2.05, 4.69) is 55.6 Å². The number of ether oxygens (including phenoxy) is 1. The number of nitrogens with one attached hydrogen (secondary N) is 1. The molecule has 2 aromatic rings. The quantitative estimate of drug-likeness (QED) is 0.837. The summed E-state index contributed by atoms with van der Waals surface area (Å²) in [6, 6.07) is 15.2. The molecule has 0 amide bonds. The van der Waals surface area contributed by atoms with Crippen LogP contribution in [0, 0.1) is 0 Å². The maximum atomic E-state index is 5.33. The van der Waals surface area contributed by atoms with Crippen molar-refractivity contribution in [3.05, 3.63) is 53.6 Å². The van der Waals surface area contributed by atoms with Crippen LogP contribution in [0.3, 0.4) is 0 Å². The molecule has 1 N–H and O–H groups in total. The van der Waals surface area contributed by atoms with E-state index in [-0.39, 0.29) is 0 Å². The molecule has 0 aliphatic heterocycles. The molecule has 2 aromatic carbocycles.